The number of hydrogen-bond donors (Lipinski definition) is 0. The molecule has 0 radical (unpaired) electrons. The fourth-order valence-corrected chi connectivity index (χ4v) is 3.91. The zero-order chi connectivity index (χ0) is 18.8. The lowest BCUT2D eigenvalue weighted by atomic mass is 9.73. The van der Waals surface area contributed by atoms with E-state index in [0.717, 1.165) is 25.8 Å². The minimum atomic E-state index is -4.60. The monoisotopic (exact) mass is 376 g/mol. The molecular weight excluding hydrogens is 353 g/mol. The first-order valence-electron chi connectivity index (χ1n) is 8.70. The first kappa shape index (κ1) is 19.1. The molecule has 2 aliphatic heterocycles. The maximum absolute atomic E-state index is 12.6. The second kappa shape index (κ2) is 7.51. The van der Waals surface area contributed by atoms with Gasteiger partial charge >= 0.3 is 6.18 Å². The van der Waals surface area contributed by atoms with Crippen LogP contribution in [-0.4, -0.2) is 65.7 Å². The third-order valence-electron chi connectivity index (χ3n) is 5.13. The summed E-state index contributed by atoms with van der Waals surface area (Å²) >= 11 is 0. The molecule has 1 atom stereocenters. The molecule has 10 heteroatoms. The van der Waals surface area contributed by atoms with Crippen LogP contribution >= 0.6 is 0 Å². The van der Waals surface area contributed by atoms with Gasteiger partial charge in [-0.3, -0.25) is 9.69 Å². The highest BCUT2D eigenvalue weighted by atomic mass is 19.4. The highest BCUT2D eigenvalue weighted by Gasteiger charge is 2.42. The summed E-state index contributed by atoms with van der Waals surface area (Å²) in [5.41, 5.74) is -0.0349. The molecule has 2 saturated heterocycles. The molecule has 3 rings (SSSR count). The van der Waals surface area contributed by atoms with Crippen LogP contribution in [0.1, 0.15) is 37.4 Å². The Morgan fingerprint density at radius 2 is 2.12 bits per heavy atom. The number of alkyl halides is 3. The Balaban J connectivity index is 1.63. The highest BCUT2D eigenvalue weighted by Crippen LogP contribution is 2.39. The van der Waals surface area contributed by atoms with Gasteiger partial charge in [-0.2, -0.15) is 18.2 Å². The van der Waals surface area contributed by atoms with E-state index in [2.05, 4.69) is 10.1 Å². The molecule has 0 unspecified atom stereocenters. The van der Waals surface area contributed by atoms with Crippen LogP contribution in [-0.2, 0) is 22.3 Å². The van der Waals surface area contributed by atoms with E-state index in [4.69, 9.17) is 9.26 Å². The molecule has 0 aromatic carbocycles. The van der Waals surface area contributed by atoms with E-state index in [9.17, 15) is 18.0 Å². The molecule has 2 aliphatic rings. The summed E-state index contributed by atoms with van der Waals surface area (Å²) in [6.07, 6.45) is -1.39. The van der Waals surface area contributed by atoms with Gasteiger partial charge in [-0.25, -0.2) is 0 Å². The molecule has 0 saturated carbocycles. The first-order valence-corrected chi connectivity index (χ1v) is 8.70. The molecule has 1 aromatic heterocycles. The summed E-state index contributed by atoms with van der Waals surface area (Å²) in [6, 6.07) is 0. The first-order chi connectivity index (χ1) is 12.3. The number of piperidine rings is 2. The summed E-state index contributed by atoms with van der Waals surface area (Å²) in [4.78, 5) is 19.4. The molecular formula is C16H23F3N4O3. The molecule has 1 aromatic rings. The summed E-state index contributed by atoms with van der Waals surface area (Å²) in [7, 11) is 1.60. The summed E-state index contributed by atoms with van der Waals surface area (Å²) in [6.45, 7) is 3.37. The van der Waals surface area contributed by atoms with E-state index < -0.39 is 12.0 Å². The number of carbonyl (C=O) groups excluding carboxylic acids is 1. The lowest BCUT2D eigenvalue weighted by molar-refractivity contribution is -0.146. The zero-order valence-electron chi connectivity index (χ0n) is 14.7. The van der Waals surface area contributed by atoms with E-state index >= 15 is 0 Å². The van der Waals surface area contributed by atoms with E-state index in [-0.39, 0.29) is 23.8 Å². The molecule has 1 amide bonds. The predicted molar refractivity (Wildman–Crippen MR) is 83.9 cm³/mol. The largest absolute Gasteiger partial charge is 0.455 e. The maximum Gasteiger partial charge on any atom is 0.455 e. The number of likely N-dealkylation sites (tertiary alicyclic amines) is 2. The summed E-state index contributed by atoms with van der Waals surface area (Å²) in [5.74, 6) is -1.14. The van der Waals surface area contributed by atoms with Crippen molar-refractivity contribution >= 4 is 5.91 Å². The second-order valence-electron chi connectivity index (χ2n) is 7.13. The van der Waals surface area contributed by atoms with Crippen molar-refractivity contribution in [1.29, 1.82) is 0 Å². The number of ether oxygens (including phenoxy) is 1. The van der Waals surface area contributed by atoms with Crippen molar-refractivity contribution in [3.8, 4) is 0 Å². The van der Waals surface area contributed by atoms with E-state index in [1.165, 1.54) is 0 Å². The Bertz CT molecular complexity index is 637. The average molecular weight is 376 g/mol. The van der Waals surface area contributed by atoms with E-state index in [1.807, 2.05) is 9.80 Å². The maximum atomic E-state index is 12.6. The van der Waals surface area contributed by atoms with Crippen LogP contribution in [0.15, 0.2) is 4.52 Å². The van der Waals surface area contributed by atoms with Gasteiger partial charge in [-0.15, -0.1) is 0 Å². The Labute approximate surface area is 149 Å². The Hall–Kier alpha value is -1.68. The van der Waals surface area contributed by atoms with Gasteiger partial charge in [0, 0.05) is 38.6 Å². The molecule has 3 heterocycles. The van der Waals surface area contributed by atoms with Crippen LogP contribution in [0, 0.1) is 5.41 Å². The minimum Gasteiger partial charge on any atom is -0.383 e. The Kier molecular flexibility index (Phi) is 5.52. The fourth-order valence-electron chi connectivity index (χ4n) is 3.91. The van der Waals surface area contributed by atoms with Crippen molar-refractivity contribution in [3.05, 3.63) is 11.7 Å². The van der Waals surface area contributed by atoms with Crippen LogP contribution < -0.4 is 0 Å². The number of methoxy groups -OCH3 is 1. The Morgan fingerprint density at radius 3 is 2.81 bits per heavy atom. The van der Waals surface area contributed by atoms with Crippen molar-refractivity contribution in [2.75, 3.05) is 39.9 Å². The minimum absolute atomic E-state index is 0.0301. The Morgan fingerprint density at radius 1 is 1.31 bits per heavy atom. The molecule has 0 bridgehead atoms. The fraction of sp³-hybridized carbons (Fsp3) is 0.812. The average Bonchev–Trinajstić information content (AvgIpc) is 3.05. The van der Waals surface area contributed by atoms with Crippen molar-refractivity contribution in [2.24, 2.45) is 5.41 Å². The van der Waals surface area contributed by atoms with Gasteiger partial charge < -0.3 is 14.2 Å². The van der Waals surface area contributed by atoms with E-state index in [0.29, 0.717) is 32.7 Å². The topological polar surface area (TPSA) is 71.7 Å². The van der Waals surface area contributed by atoms with Gasteiger partial charge in [0.15, 0.2) is 0 Å². The molecule has 0 N–H and O–H groups in total. The number of hydrogen-bond acceptors (Lipinski definition) is 6. The second-order valence-corrected chi connectivity index (χ2v) is 7.13. The number of aromatic nitrogens is 2. The lowest BCUT2D eigenvalue weighted by Crippen LogP contribution is -2.54. The number of amides is 1. The molecule has 26 heavy (non-hydrogen) atoms. The van der Waals surface area contributed by atoms with Crippen LogP contribution in [0.3, 0.4) is 0 Å². The van der Waals surface area contributed by atoms with Crippen LogP contribution in [0.2, 0.25) is 0 Å². The van der Waals surface area contributed by atoms with Gasteiger partial charge in [0.25, 0.3) is 5.82 Å². The van der Waals surface area contributed by atoms with Crippen LogP contribution in [0.5, 0.6) is 0 Å². The van der Waals surface area contributed by atoms with Crippen molar-refractivity contribution in [3.63, 3.8) is 0 Å². The van der Waals surface area contributed by atoms with E-state index in [1.54, 1.807) is 7.11 Å². The molecule has 146 valence electrons. The third kappa shape index (κ3) is 4.35. The molecule has 7 nitrogen and oxygen atoms in total. The van der Waals surface area contributed by atoms with Gasteiger partial charge in [0.1, 0.15) is 0 Å². The normalized spacial score (nSPS) is 25.2. The number of halogens is 3. The van der Waals surface area contributed by atoms with Crippen molar-refractivity contribution in [1.82, 2.24) is 19.9 Å². The lowest BCUT2D eigenvalue weighted by Gasteiger charge is -2.48. The molecule has 1 spiro atoms. The zero-order valence-corrected chi connectivity index (χ0v) is 14.7. The van der Waals surface area contributed by atoms with Crippen molar-refractivity contribution < 1.29 is 27.2 Å². The molecule has 2 fully saturated rings. The summed E-state index contributed by atoms with van der Waals surface area (Å²) in [5, 5.41) is 3.01. The number of nitrogens with zero attached hydrogens (tertiary/aromatic N) is 4. The van der Waals surface area contributed by atoms with Crippen molar-refractivity contribution in [2.45, 2.75) is 38.4 Å². The van der Waals surface area contributed by atoms with Gasteiger partial charge in [-0.1, -0.05) is 5.16 Å². The smallest absolute Gasteiger partial charge is 0.383 e. The number of carbonyl (C=O) groups is 1. The predicted octanol–water partition coefficient (Wildman–Crippen LogP) is 1.94. The third-order valence-corrected chi connectivity index (χ3v) is 5.13. The standard InChI is InChI=1S/C16H23F3N4O3/c1-25-8-7-23-11-15(5-3-13(23)24)4-2-6-22(10-15)9-12-20-14(21-26-12)16(17,18)19/h2-11H2,1H3/t15-/m0/s1. The van der Waals surface area contributed by atoms with Crippen LogP contribution in [0.4, 0.5) is 13.2 Å². The van der Waals surface area contributed by atoms with Crippen LogP contribution in [0.25, 0.3) is 0 Å². The summed E-state index contributed by atoms with van der Waals surface area (Å²) < 4.78 is 47.6. The highest BCUT2D eigenvalue weighted by molar-refractivity contribution is 5.77. The van der Waals surface area contributed by atoms with Gasteiger partial charge in [-0.05, 0) is 25.8 Å². The SMILES string of the molecule is COCCN1C[C@@]2(CCCN(Cc3nc(C(F)(F)F)no3)C2)CCC1=O. The quantitative estimate of drug-likeness (QED) is 0.782. The van der Waals surface area contributed by atoms with Gasteiger partial charge in [0.2, 0.25) is 11.8 Å². The van der Waals surface area contributed by atoms with Gasteiger partial charge in [0.05, 0.1) is 13.2 Å². The number of rotatable bonds is 5. The molecule has 0 aliphatic carbocycles.